The van der Waals surface area contributed by atoms with Crippen LogP contribution in [0.15, 0.2) is 35.3 Å². The highest BCUT2D eigenvalue weighted by Crippen LogP contribution is 2.21. The lowest BCUT2D eigenvalue weighted by Gasteiger charge is -2.22. The van der Waals surface area contributed by atoms with Gasteiger partial charge in [0.2, 0.25) is 5.91 Å². The molecule has 2 aliphatic rings. The van der Waals surface area contributed by atoms with Crippen LogP contribution < -0.4 is 5.32 Å². The number of nitrogens with zero attached hydrogens (tertiary/aromatic N) is 3. The predicted molar refractivity (Wildman–Crippen MR) is 90.6 cm³/mol. The standard InChI is InChI=1S/C17H22N4O3/c1-12-11-15(20(2)24-12)19-17(23)21-10-6-9-14(21)16(22)18-13-7-4-3-5-8-13/h3-5,7-8,12,14H,6,9-11H2,1-2H3,(H,18,22). The first kappa shape index (κ1) is 16.4. The van der Waals surface area contributed by atoms with Crippen LogP contribution in [0.25, 0.3) is 0 Å². The molecular weight excluding hydrogens is 308 g/mol. The third-order valence-electron chi connectivity index (χ3n) is 4.24. The lowest BCUT2D eigenvalue weighted by atomic mass is 10.2. The summed E-state index contributed by atoms with van der Waals surface area (Å²) in [5, 5.41) is 4.39. The van der Waals surface area contributed by atoms with Crippen LogP contribution >= 0.6 is 0 Å². The first-order chi connectivity index (χ1) is 11.5. The Labute approximate surface area is 141 Å². The molecule has 2 atom stereocenters. The molecule has 2 unspecified atom stereocenters. The summed E-state index contributed by atoms with van der Waals surface area (Å²) in [4.78, 5) is 36.1. The van der Waals surface area contributed by atoms with Crippen LogP contribution in [0, 0.1) is 0 Å². The second-order valence-electron chi connectivity index (χ2n) is 6.13. The number of rotatable bonds is 2. The van der Waals surface area contributed by atoms with Crippen LogP contribution in [-0.4, -0.2) is 53.5 Å². The number of para-hydroxylation sites is 1. The Morgan fingerprint density at radius 1 is 1.29 bits per heavy atom. The van der Waals surface area contributed by atoms with Crippen molar-refractivity contribution in [3.63, 3.8) is 0 Å². The zero-order chi connectivity index (χ0) is 17.1. The van der Waals surface area contributed by atoms with Gasteiger partial charge in [0.15, 0.2) is 0 Å². The number of likely N-dealkylation sites (tertiary alicyclic amines) is 1. The van der Waals surface area contributed by atoms with Gasteiger partial charge >= 0.3 is 6.03 Å². The van der Waals surface area contributed by atoms with Gasteiger partial charge in [0.1, 0.15) is 11.9 Å². The van der Waals surface area contributed by atoms with Crippen molar-refractivity contribution in [1.29, 1.82) is 0 Å². The van der Waals surface area contributed by atoms with Crippen molar-refractivity contribution >= 4 is 23.5 Å². The van der Waals surface area contributed by atoms with E-state index in [4.69, 9.17) is 4.84 Å². The van der Waals surface area contributed by atoms with Gasteiger partial charge in [0.25, 0.3) is 0 Å². The predicted octanol–water partition coefficient (Wildman–Crippen LogP) is 2.26. The number of hydroxylamine groups is 2. The number of benzene rings is 1. The van der Waals surface area contributed by atoms with Crippen molar-refractivity contribution in [2.45, 2.75) is 38.3 Å². The van der Waals surface area contributed by atoms with E-state index in [1.807, 2.05) is 37.3 Å². The minimum Gasteiger partial charge on any atom is -0.324 e. The fraction of sp³-hybridized carbons (Fsp3) is 0.471. The topological polar surface area (TPSA) is 74.2 Å². The number of nitrogens with one attached hydrogen (secondary N) is 1. The highest BCUT2D eigenvalue weighted by Gasteiger charge is 2.35. The molecule has 0 bridgehead atoms. The number of hydrogen-bond donors (Lipinski definition) is 1. The molecule has 24 heavy (non-hydrogen) atoms. The van der Waals surface area contributed by atoms with E-state index < -0.39 is 6.04 Å². The molecule has 3 rings (SSSR count). The summed E-state index contributed by atoms with van der Waals surface area (Å²) in [7, 11) is 1.74. The van der Waals surface area contributed by atoms with E-state index in [0.717, 1.165) is 12.1 Å². The van der Waals surface area contributed by atoms with Gasteiger partial charge < -0.3 is 10.2 Å². The van der Waals surface area contributed by atoms with E-state index in [-0.39, 0.29) is 18.0 Å². The van der Waals surface area contributed by atoms with Crippen molar-refractivity contribution in [3.05, 3.63) is 30.3 Å². The Bertz CT molecular complexity index is 646. The summed E-state index contributed by atoms with van der Waals surface area (Å²) in [5.41, 5.74) is 0.728. The number of amides is 3. The van der Waals surface area contributed by atoms with Gasteiger partial charge in [-0.2, -0.15) is 4.99 Å². The van der Waals surface area contributed by atoms with Crippen molar-refractivity contribution in [2.75, 3.05) is 18.9 Å². The van der Waals surface area contributed by atoms with Crippen LogP contribution in [-0.2, 0) is 9.63 Å². The second kappa shape index (κ2) is 7.00. The summed E-state index contributed by atoms with van der Waals surface area (Å²) in [5.74, 6) is 0.429. The van der Waals surface area contributed by atoms with Gasteiger partial charge in [-0.1, -0.05) is 18.2 Å². The summed E-state index contributed by atoms with van der Waals surface area (Å²) in [6.45, 7) is 2.47. The first-order valence-electron chi connectivity index (χ1n) is 8.19. The van der Waals surface area contributed by atoms with Crippen LogP contribution in [0.2, 0.25) is 0 Å². The lowest BCUT2D eigenvalue weighted by Crippen LogP contribution is -2.42. The molecule has 1 N–H and O–H groups in total. The molecule has 0 spiro atoms. The van der Waals surface area contributed by atoms with Gasteiger partial charge in [-0.05, 0) is 31.9 Å². The molecule has 128 valence electrons. The maximum absolute atomic E-state index is 12.5. The number of hydrogen-bond acceptors (Lipinski definition) is 3. The number of carbonyl (C=O) groups is 2. The average Bonchev–Trinajstić information content (AvgIpc) is 3.15. The molecule has 7 heteroatoms. The van der Waals surface area contributed by atoms with Crippen LogP contribution in [0.3, 0.4) is 0 Å². The summed E-state index contributed by atoms with van der Waals surface area (Å²) in [6.07, 6.45) is 2.05. The molecule has 0 aliphatic carbocycles. The Morgan fingerprint density at radius 2 is 2.04 bits per heavy atom. The summed E-state index contributed by atoms with van der Waals surface area (Å²) in [6, 6.07) is 8.40. The van der Waals surface area contributed by atoms with Gasteiger partial charge in [-0.25, -0.2) is 9.86 Å². The molecule has 0 saturated carbocycles. The molecule has 7 nitrogen and oxygen atoms in total. The summed E-state index contributed by atoms with van der Waals surface area (Å²) >= 11 is 0. The van der Waals surface area contributed by atoms with Crippen molar-refractivity contribution in [3.8, 4) is 0 Å². The number of anilines is 1. The summed E-state index contributed by atoms with van der Waals surface area (Å²) < 4.78 is 0. The fourth-order valence-electron chi connectivity index (χ4n) is 3.06. The fourth-order valence-corrected chi connectivity index (χ4v) is 3.06. The molecule has 1 aromatic carbocycles. The monoisotopic (exact) mass is 330 g/mol. The molecule has 3 amide bonds. The van der Waals surface area contributed by atoms with E-state index in [1.165, 1.54) is 5.06 Å². The SMILES string of the molecule is CC1CC(=NC(=O)N2CCCC2C(=O)Nc2ccccc2)N(C)O1. The maximum Gasteiger partial charge on any atom is 0.345 e. The van der Waals surface area contributed by atoms with E-state index in [9.17, 15) is 9.59 Å². The molecule has 2 aliphatic heterocycles. The first-order valence-corrected chi connectivity index (χ1v) is 8.19. The average molecular weight is 330 g/mol. The number of urea groups is 1. The number of aliphatic imine (C=N–C) groups is 1. The normalized spacial score (nSPS) is 25.3. The molecule has 2 heterocycles. The van der Waals surface area contributed by atoms with Gasteiger partial charge in [0, 0.05) is 25.7 Å². The van der Waals surface area contributed by atoms with Gasteiger partial charge in [-0.3, -0.25) is 9.63 Å². The quantitative estimate of drug-likeness (QED) is 0.903. The van der Waals surface area contributed by atoms with Gasteiger partial charge in [0.05, 0.1) is 6.10 Å². The molecule has 2 saturated heterocycles. The lowest BCUT2D eigenvalue weighted by molar-refractivity contribution is -0.119. The van der Waals surface area contributed by atoms with Gasteiger partial charge in [-0.15, -0.1) is 0 Å². The Morgan fingerprint density at radius 3 is 2.71 bits per heavy atom. The third kappa shape index (κ3) is 3.56. The Kier molecular flexibility index (Phi) is 4.80. The highest BCUT2D eigenvalue weighted by atomic mass is 16.7. The smallest absolute Gasteiger partial charge is 0.324 e. The zero-order valence-electron chi connectivity index (χ0n) is 13.9. The Balaban J connectivity index is 1.67. The van der Waals surface area contributed by atoms with E-state index in [0.29, 0.717) is 25.2 Å². The van der Waals surface area contributed by atoms with Crippen LogP contribution in [0.1, 0.15) is 26.2 Å². The maximum atomic E-state index is 12.5. The minimum atomic E-state index is -0.480. The number of carbonyl (C=O) groups excluding carboxylic acids is 2. The molecule has 2 fully saturated rings. The second-order valence-corrected chi connectivity index (χ2v) is 6.13. The molecular formula is C17H22N4O3. The minimum absolute atomic E-state index is 0.0114. The van der Waals surface area contributed by atoms with E-state index in [2.05, 4.69) is 10.3 Å². The van der Waals surface area contributed by atoms with E-state index >= 15 is 0 Å². The van der Waals surface area contributed by atoms with E-state index in [1.54, 1.807) is 11.9 Å². The van der Waals surface area contributed by atoms with Crippen LogP contribution in [0.4, 0.5) is 10.5 Å². The largest absolute Gasteiger partial charge is 0.345 e. The molecule has 1 aromatic rings. The molecule has 0 radical (unpaired) electrons. The van der Waals surface area contributed by atoms with Crippen molar-refractivity contribution in [1.82, 2.24) is 9.96 Å². The van der Waals surface area contributed by atoms with Crippen molar-refractivity contribution < 1.29 is 14.4 Å². The highest BCUT2D eigenvalue weighted by molar-refractivity contribution is 5.99. The number of amidine groups is 1. The zero-order valence-corrected chi connectivity index (χ0v) is 13.9. The van der Waals surface area contributed by atoms with Crippen LogP contribution in [0.5, 0.6) is 0 Å². The Hall–Kier alpha value is -2.41. The van der Waals surface area contributed by atoms with Crippen molar-refractivity contribution in [2.24, 2.45) is 4.99 Å². The molecule has 0 aromatic heterocycles. The third-order valence-corrected chi connectivity index (χ3v) is 4.24.